The van der Waals surface area contributed by atoms with Crippen LogP contribution >= 0.6 is 11.6 Å². The van der Waals surface area contributed by atoms with Gasteiger partial charge in [0.15, 0.2) is 0 Å². The number of hydrogen-bond donors (Lipinski definition) is 1. The fourth-order valence-electron chi connectivity index (χ4n) is 4.10. The third-order valence-corrected chi connectivity index (χ3v) is 5.98. The van der Waals surface area contributed by atoms with E-state index in [-0.39, 0.29) is 6.04 Å². The molecular weight excluding hydrogens is 426 g/mol. The molecule has 8 heteroatoms. The zero-order valence-corrected chi connectivity index (χ0v) is 18.1. The molecular formula is C24H22ClN5O2. The third kappa shape index (κ3) is 3.86. The van der Waals surface area contributed by atoms with Crippen LogP contribution < -0.4 is 4.74 Å². The number of likely N-dealkylation sites (tertiary alicyclic amines) is 1. The molecule has 4 heterocycles. The standard InChI is InChI=1S/C24H22ClN5O2/c1-2-22(31)29-12-9-17(15-29)30-24-20(13-27-14-21(24)25)23(28-30)16-3-5-18(6-4-16)32-19-7-10-26-11-8-19/h2-8,10-11,13-14,17,22,31H,1,9,12,15H2/t17-,22?/m1/s1. The van der Waals surface area contributed by atoms with Gasteiger partial charge in [0.2, 0.25) is 0 Å². The third-order valence-electron chi connectivity index (χ3n) is 5.70. The molecule has 3 aromatic heterocycles. The first-order valence-corrected chi connectivity index (χ1v) is 10.8. The average Bonchev–Trinajstić information content (AvgIpc) is 3.46. The van der Waals surface area contributed by atoms with Crippen LogP contribution in [-0.4, -0.2) is 49.1 Å². The molecule has 1 aliphatic heterocycles. The lowest BCUT2D eigenvalue weighted by Crippen LogP contribution is -2.31. The highest BCUT2D eigenvalue weighted by Crippen LogP contribution is 2.36. The molecule has 4 aromatic rings. The molecule has 1 aromatic carbocycles. The smallest absolute Gasteiger partial charge is 0.130 e. The van der Waals surface area contributed by atoms with E-state index in [1.807, 2.05) is 46.0 Å². The summed E-state index contributed by atoms with van der Waals surface area (Å²) in [5.41, 5.74) is 2.61. The molecule has 2 atom stereocenters. The molecule has 162 valence electrons. The Morgan fingerprint density at radius 3 is 2.59 bits per heavy atom. The lowest BCUT2D eigenvalue weighted by molar-refractivity contribution is 0.0586. The van der Waals surface area contributed by atoms with Gasteiger partial charge in [0.05, 0.1) is 16.6 Å². The van der Waals surface area contributed by atoms with Crippen molar-refractivity contribution in [2.24, 2.45) is 0 Å². The maximum absolute atomic E-state index is 10.1. The van der Waals surface area contributed by atoms with E-state index in [1.165, 1.54) is 0 Å². The minimum atomic E-state index is -0.661. The Balaban J connectivity index is 1.48. The van der Waals surface area contributed by atoms with Gasteiger partial charge in [-0.1, -0.05) is 18.2 Å². The van der Waals surface area contributed by atoms with Crippen LogP contribution in [-0.2, 0) is 0 Å². The van der Waals surface area contributed by atoms with E-state index >= 15 is 0 Å². The fraction of sp³-hybridized carbons (Fsp3) is 0.208. The molecule has 0 radical (unpaired) electrons. The Hall–Kier alpha value is -3.26. The molecule has 0 aliphatic carbocycles. The van der Waals surface area contributed by atoms with Crippen molar-refractivity contribution in [2.45, 2.75) is 18.7 Å². The molecule has 0 saturated carbocycles. The molecule has 1 N–H and O–H groups in total. The van der Waals surface area contributed by atoms with Gasteiger partial charge in [0, 0.05) is 48.8 Å². The van der Waals surface area contributed by atoms with Crippen LogP contribution in [0.15, 0.2) is 73.8 Å². The van der Waals surface area contributed by atoms with E-state index < -0.39 is 6.23 Å². The first-order valence-electron chi connectivity index (χ1n) is 10.4. The van der Waals surface area contributed by atoms with Gasteiger partial charge in [0.1, 0.15) is 23.4 Å². The number of aliphatic hydroxyl groups is 1. The summed E-state index contributed by atoms with van der Waals surface area (Å²) in [6.07, 6.45) is 8.57. The summed E-state index contributed by atoms with van der Waals surface area (Å²) >= 11 is 6.56. The molecule has 1 fully saturated rings. The van der Waals surface area contributed by atoms with Gasteiger partial charge in [-0.25, -0.2) is 0 Å². The number of aliphatic hydroxyl groups excluding tert-OH is 1. The number of hydrogen-bond acceptors (Lipinski definition) is 6. The van der Waals surface area contributed by atoms with E-state index in [0.29, 0.717) is 11.6 Å². The van der Waals surface area contributed by atoms with Crippen molar-refractivity contribution in [3.63, 3.8) is 0 Å². The molecule has 7 nitrogen and oxygen atoms in total. The number of ether oxygens (including phenoxy) is 1. The van der Waals surface area contributed by atoms with Crippen molar-refractivity contribution in [3.8, 4) is 22.8 Å². The molecule has 1 saturated heterocycles. The van der Waals surface area contributed by atoms with E-state index in [2.05, 4.69) is 16.5 Å². The van der Waals surface area contributed by atoms with Crippen molar-refractivity contribution in [1.82, 2.24) is 24.6 Å². The molecule has 32 heavy (non-hydrogen) atoms. The SMILES string of the molecule is C=CC(O)N1CC[C@@H](n2nc(-c3ccc(Oc4ccncc4)cc3)c3cncc(Cl)c32)C1. The number of fused-ring (bicyclic) bond motifs is 1. The normalized spacial score (nSPS) is 17.5. The van der Waals surface area contributed by atoms with Crippen LogP contribution in [0.3, 0.4) is 0 Å². The Bertz CT molecular complexity index is 1240. The van der Waals surface area contributed by atoms with Gasteiger partial charge in [0.25, 0.3) is 0 Å². The molecule has 0 amide bonds. The average molecular weight is 448 g/mol. The number of benzene rings is 1. The van der Waals surface area contributed by atoms with Crippen LogP contribution in [0.4, 0.5) is 0 Å². The highest BCUT2D eigenvalue weighted by atomic mass is 35.5. The fourth-order valence-corrected chi connectivity index (χ4v) is 4.35. The van der Waals surface area contributed by atoms with Crippen molar-refractivity contribution >= 4 is 22.5 Å². The van der Waals surface area contributed by atoms with Crippen molar-refractivity contribution in [3.05, 3.63) is 78.9 Å². The van der Waals surface area contributed by atoms with E-state index in [1.54, 1.807) is 30.9 Å². The van der Waals surface area contributed by atoms with Gasteiger partial charge in [-0.15, -0.1) is 0 Å². The number of pyridine rings is 2. The highest BCUT2D eigenvalue weighted by molar-refractivity contribution is 6.35. The molecule has 0 spiro atoms. The van der Waals surface area contributed by atoms with Gasteiger partial charge >= 0.3 is 0 Å². The zero-order valence-electron chi connectivity index (χ0n) is 17.3. The first-order chi connectivity index (χ1) is 15.6. The molecule has 1 unspecified atom stereocenters. The summed E-state index contributed by atoms with van der Waals surface area (Å²) in [6.45, 7) is 5.12. The maximum Gasteiger partial charge on any atom is 0.130 e. The number of rotatable bonds is 6. The summed E-state index contributed by atoms with van der Waals surface area (Å²) < 4.78 is 7.85. The Morgan fingerprint density at radius 1 is 1.09 bits per heavy atom. The summed E-state index contributed by atoms with van der Waals surface area (Å²) in [6, 6.07) is 11.5. The second-order valence-electron chi connectivity index (χ2n) is 7.71. The maximum atomic E-state index is 10.1. The van der Waals surface area contributed by atoms with Gasteiger partial charge < -0.3 is 9.84 Å². The van der Waals surface area contributed by atoms with Crippen molar-refractivity contribution in [1.29, 1.82) is 0 Å². The van der Waals surface area contributed by atoms with Crippen LogP contribution in [0, 0.1) is 0 Å². The van der Waals surface area contributed by atoms with Crippen LogP contribution in [0.25, 0.3) is 22.2 Å². The van der Waals surface area contributed by atoms with Crippen molar-refractivity contribution < 1.29 is 9.84 Å². The van der Waals surface area contributed by atoms with Gasteiger partial charge in [-0.2, -0.15) is 5.10 Å². The van der Waals surface area contributed by atoms with Gasteiger partial charge in [-0.3, -0.25) is 19.5 Å². The Labute approximate surface area is 190 Å². The number of nitrogens with zero attached hydrogens (tertiary/aromatic N) is 5. The van der Waals surface area contributed by atoms with Crippen molar-refractivity contribution in [2.75, 3.05) is 13.1 Å². The molecule has 0 bridgehead atoms. The lowest BCUT2D eigenvalue weighted by atomic mass is 10.1. The lowest BCUT2D eigenvalue weighted by Gasteiger charge is -2.20. The van der Waals surface area contributed by atoms with Crippen LogP contribution in [0.5, 0.6) is 11.5 Å². The largest absolute Gasteiger partial charge is 0.457 e. The van der Waals surface area contributed by atoms with Gasteiger partial charge in [-0.05, 0) is 48.9 Å². The number of halogens is 1. The summed E-state index contributed by atoms with van der Waals surface area (Å²) in [5, 5.41) is 16.5. The Morgan fingerprint density at radius 2 is 1.84 bits per heavy atom. The Kier molecular flexibility index (Phi) is 5.61. The quantitative estimate of drug-likeness (QED) is 0.432. The second kappa shape index (κ2) is 8.70. The number of aromatic nitrogens is 4. The first kappa shape index (κ1) is 20.6. The van der Waals surface area contributed by atoms with E-state index in [0.717, 1.165) is 46.6 Å². The van der Waals surface area contributed by atoms with E-state index in [4.69, 9.17) is 21.4 Å². The second-order valence-corrected chi connectivity index (χ2v) is 8.11. The molecule has 5 rings (SSSR count). The van der Waals surface area contributed by atoms with Crippen LogP contribution in [0.2, 0.25) is 5.02 Å². The predicted molar refractivity (Wildman–Crippen MR) is 124 cm³/mol. The summed E-state index contributed by atoms with van der Waals surface area (Å²) in [7, 11) is 0. The van der Waals surface area contributed by atoms with E-state index in [9.17, 15) is 5.11 Å². The zero-order chi connectivity index (χ0) is 22.1. The highest BCUT2D eigenvalue weighted by Gasteiger charge is 2.30. The summed E-state index contributed by atoms with van der Waals surface area (Å²) in [4.78, 5) is 10.3. The minimum Gasteiger partial charge on any atom is -0.457 e. The topological polar surface area (TPSA) is 76.3 Å². The monoisotopic (exact) mass is 447 g/mol. The van der Waals surface area contributed by atoms with Crippen LogP contribution in [0.1, 0.15) is 12.5 Å². The minimum absolute atomic E-state index is 0.0926. The molecule has 1 aliphatic rings. The summed E-state index contributed by atoms with van der Waals surface area (Å²) in [5.74, 6) is 1.45. The predicted octanol–water partition coefficient (Wildman–Crippen LogP) is 4.69.